The number of aromatic nitrogens is 3. The highest BCUT2D eigenvalue weighted by atomic mass is 32.1. The maximum absolute atomic E-state index is 12.1. The summed E-state index contributed by atoms with van der Waals surface area (Å²) in [6.07, 6.45) is 5.75. The van der Waals surface area contributed by atoms with Crippen LogP contribution in [0.15, 0.2) is 22.9 Å². The second kappa shape index (κ2) is 9.92. The van der Waals surface area contributed by atoms with Gasteiger partial charge in [-0.3, -0.25) is 9.69 Å². The van der Waals surface area contributed by atoms with E-state index < -0.39 is 0 Å². The van der Waals surface area contributed by atoms with Crippen LogP contribution in [0.25, 0.3) is 5.65 Å². The summed E-state index contributed by atoms with van der Waals surface area (Å²) < 4.78 is 1.99. The fourth-order valence-electron chi connectivity index (χ4n) is 4.59. The molecule has 166 valence electrons. The number of thiophene rings is 1. The number of likely N-dealkylation sites (tertiary alicyclic amines) is 1. The summed E-state index contributed by atoms with van der Waals surface area (Å²) in [6, 6.07) is 4.71. The van der Waals surface area contributed by atoms with Crippen molar-refractivity contribution >= 4 is 22.9 Å². The zero-order valence-electron chi connectivity index (χ0n) is 18.9. The maximum atomic E-state index is 12.1. The van der Waals surface area contributed by atoms with Gasteiger partial charge in [0.1, 0.15) is 0 Å². The lowest BCUT2D eigenvalue weighted by Gasteiger charge is -2.34. The first-order valence-electron chi connectivity index (χ1n) is 11.4. The Hall–Kier alpha value is -2.25. The van der Waals surface area contributed by atoms with Crippen LogP contribution in [0.4, 0.5) is 0 Å². The normalized spacial score (nSPS) is 17.3. The zero-order valence-corrected chi connectivity index (χ0v) is 19.7. The molecule has 4 rings (SSSR count). The fourth-order valence-corrected chi connectivity index (χ4v) is 5.25. The molecule has 4 heterocycles. The van der Waals surface area contributed by atoms with E-state index in [0.717, 1.165) is 60.8 Å². The van der Waals surface area contributed by atoms with Gasteiger partial charge >= 0.3 is 0 Å². The fraction of sp³-hybridized carbons (Fsp3) is 0.542. The molecule has 7 heteroatoms. The Bertz CT molecular complexity index is 1030. The molecule has 1 N–H and O–H groups in total. The van der Waals surface area contributed by atoms with Gasteiger partial charge < -0.3 is 5.32 Å². The Kier molecular flexibility index (Phi) is 7.02. The molecular weight excluding hydrogens is 406 g/mol. The van der Waals surface area contributed by atoms with Crippen molar-refractivity contribution in [1.82, 2.24) is 24.8 Å². The molecule has 3 aromatic rings. The van der Waals surface area contributed by atoms with Crippen LogP contribution in [0.1, 0.15) is 73.3 Å². The minimum Gasteiger partial charge on any atom is -0.356 e. The van der Waals surface area contributed by atoms with Crippen LogP contribution in [-0.4, -0.2) is 38.5 Å². The third-order valence-corrected chi connectivity index (χ3v) is 7.01. The van der Waals surface area contributed by atoms with Gasteiger partial charge in [0, 0.05) is 37.0 Å². The molecule has 1 atom stereocenters. The first-order chi connectivity index (χ1) is 15.1. The lowest BCUT2D eigenvalue weighted by Crippen LogP contribution is -2.33. The van der Waals surface area contributed by atoms with E-state index in [1.807, 2.05) is 11.4 Å². The quantitative estimate of drug-likeness (QED) is 0.557. The van der Waals surface area contributed by atoms with Crippen LogP contribution in [0, 0.1) is 13.8 Å². The average Bonchev–Trinajstić information content (AvgIpc) is 3.42. The predicted molar refractivity (Wildman–Crippen MR) is 125 cm³/mol. The number of nitrogens with one attached hydrogen (secondary N) is 1. The van der Waals surface area contributed by atoms with E-state index >= 15 is 0 Å². The third kappa shape index (κ3) is 4.99. The lowest BCUT2D eigenvalue weighted by molar-refractivity contribution is -0.121. The summed E-state index contributed by atoms with van der Waals surface area (Å²) >= 11 is 1.76. The number of fused-ring (bicyclic) bond motifs is 1. The van der Waals surface area contributed by atoms with E-state index in [2.05, 4.69) is 47.0 Å². The first-order valence-corrected chi connectivity index (χ1v) is 12.4. The number of rotatable bonds is 8. The molecule has 1 unspecified atom stereocenters. The Morgan fingerprint density at radius 2 is 2.19 bits per heavy atom. The summed E-state index contributed by atoms with van der Waals surface area (Å²) in [5.41, 5.74) is 6.63. The molecule has 0 saturated carbocycles. The SMILES string of the molecule is CCCNC(=O)CCc1c(C)nc2cc(C3CCCCN3Cc3ccsc3)nn2c1C. The van der Waals surface area contributed by atoms with Gasteiger partial charge in [-0.15, -0.1) is 0 Å². The van der Waals surface area contributed by atoms with Gasteiger partial charge in [0.25, 0.3) is 0 Å². The van der Waals surface area contributed by atoms with E-state index in [0.29, 0.717) is 18.9 Å². The van der Waals surface area contributed by atoms with E-state index in [9.17, 15) is 4.79 Å². The Morgan fingerprint density at radius 3 is 2.97 bits per heavy atom. The lowest BCUT2D eigenvalue weighted by atomic mass is 9.99. The van der Waals surface area contributed by atoms with Gasteiger partial charge in [-0.05, 0) is 74.0 Å². The van der Waals surface area contributed by atoms with Gasteiger partial charge in [-0.1, -0.05) is 13.3 Å². The molecule has 1 saturated heterocycles. The number of nitrogens with zero attached hydrogens (tertiary/aromatic N) is 4. The molecule has 1 aliphatic heterocycles. The minimum atomic E-state index is 0.105. The van der Waals surface area contributed by atoms with Gasteiger partial charge in [0.2, 0.25) is 5.91 Å². The topological polar surface area (TPSA) is 62.5 Å². The standard InChI is InChI=1S/C24H33N5OS/c1-4-11-25-24(30)9-8-20-17(2)26-23-14-21(27-29(23)18(20)3)22-7-5-6-12-28(22)15-19-10-13-31-16-19/h10,13-14,16,22H,4-9,11-12,15H2,1-3H3,(H,25,30). The Morgan fingerprint density at radius 1 is 1.32 bits per heavy atom. The summed E-state index contributed by atoms with van der Waals surface area (Å²) in [7, 11) is 0. The highest BCUT2D eigenvalue weighted by Crippen LogP contribution is 2.32. The largest absolute Gasteiger partial charge is 0.356 e. The molecule has 0 aliphatic carbocycles. The number of amides is 1. The molecule has 0 aromatic carbocycles. The monoisotopic (exact) mass is 439 g/mol. The molecule has 31 heavy (non-hydrogen) atoms. The predicted octanol–water partition coefficient (Wildman–Crippen LogP) is 4.59. The number of carbonyl (C=O) groups excluding carboxylic acids is 1. The molecule has 0 bridgehead atoms. The van der Waals surface area contributed by atoms with Crippen LogP contribution in [0.2, 0.25) is 0 Å². The molecule has 0 radical (unpaired) electrons. The van der Waals surface area contributed by atoms with Crippen molar-refractivity contribution in [2.45, 2.75) is 71.9 Å². The van der Waals surface area contributed by atoms with Crippen molar-refractivity contribution in [2.75, 3.05) is 13.1 Å². The molecule has 0 spiro atoms. The number of piperidine rings is 1. The van der Waals surface area contributed by atoms with Crippen LogP contribution in [0.3, 0.4) is 0 Å². The van der Waals surface area contributed by atoms with Gasteiger partial charge in [0.15, 0.2) is 5.65 Å². The van der Waals surface area contributed by atoms with Crippen LogP contribution in [0.5, 0.6) is 0 Å². The summed E-state index contributed by atoms with van der Waals surface area (Å²) in [6.45, 7) is 9.03. The van der Waals surface area contributed by atoms with Crippen molar-refractivity contribution in [3.8, 4) is 0 Å². The Balaban J connectivity index is 1.57. The van der Waals surface area contributed by atoms with E-state index in [4.69, 9.17) is 10.1 Å². The third-order valence-electron chi connectivity index (χ3n) is 6.28. The van der Waals surface area contributed by atoms with Crippen LogP contribution >= 0.6 is 11.3 Å². The zero-order chi connectivity index (χ0) is 21.8. The second-order valence-electron chi connectivity index (χ2n) is 8.56. The van der Waals surface area contributed by atoms with E-state index in [-0.39, 0.29) is 5.91 Å². The summed E-state index contributed by atoms with van der Waals surface area (Å²) in [5, 5.41) is 12.4. The average molecular weight is 440 g/mol. The number of aryl methyl sites for hydroxylation is 2. The van der Waals surface area contributed by atoms with Crippen molar-refractivity contribution in [1.29, 1.82) is 0 Å². The maximum Gasteiger partial charge on any atom is 0.220 e. The first kappa shape index (κ1) is 22.0. The molecule has 6 nitrogen and oxygen atoms in total. The minimum absolute atomic E-state index is 0.105. The highest BCUT2D eigenvalue weighted by molar-refractivity contribution is 7.07. The van der Waals surface area contributed by atoms with Crippen LogP contribution in [-0.2, 0) is 17.8 Å². The summed E-state index contributed by atoms with van der Waals surface area (Å²) in [5.74, 6) is 0.105. The molecule has 3 aromatic heterocycles. The summed E-state index contributed by atoms with van der Waals surface area (Å²) in [4.78, 5) is 19.5. The number of hydrogen-bond acceptors (Lipinski definition) is 5. The van der Waals surface area contributed by atoms with Crippen molar-refractivity contribution in [3.05, 3.63) is 51.1 Å². The Labute approximate surface area is 188 Å². The van der Waals surface area contributed by atoms with E-state index in [1.165, 1.54) is 18.4 Å². The van der Waals surface area contributed by atoms with E-state index in [1.54, 1.807) is 11.3 Å². The van der Waals surface area contributed by atoms with Gasteiger partial charge in [0.05, 0.1) is 11.7 Å². The molecule has 1 amide bonds. The van der Waals surface area contributed by atoms with Crippen LogP contribution < -0.4 is 5.32 Å². The molecular formula is C24H33N5OS. The van der Waals surface area contributed by atoms with Gasteiger partial charge in [-0.2, -0.15) is 16.4 Å². The van der Waals surface area contributed by atoms with Gasteiger partial charge in [-0.25, -0.2) is 9.50 Å². The van der Waals surface area contributed by atoms with Crippen molar-refractivity contribution < 1.29 is 4.79 Å². The second-order valence-corrected chi connectivity index (χ2v) is 9.34. The molecule has 1 fully saturated rings. The van der Waals surface area contributed by atoms with Crippen molar-refractivity contribution in [2.24, 2.45) is 0 Å². The smallest absolute Gasteiger partial charge is 0.220 e. The number of hydrogen-bond donors (Lipinski definition) is 1. The van der Waals surface area contributed by atoms with Crippen molar-refractivity contribution in [3.63, 3.8) is 0 Å². The molecule has 1 aliphatic rings. The highest BCUT2D eigenvalue weighted by Gasteiger charge is 2.27. The number of carbonyl (C=O) groups is 1.